The van der Waals surface area contributed by atoms with Crippen LogP contribution in [0.2, 0.25) is 0 Å². The first-order valence-corrected chi connectivity index (χ1v) is 8.30. The highest BCUT2D eigenvalue weighted by Gasteiger charge is 2.27. The zero-order valence-corrected chi connectivity index (χ0v) is 14.4. The number of aromatic nitrogens is 2. The van der Waals surface area contributed by atoms with Crippen molar-refractivity contribution in [3.8, 4) is 17.0 Å². The van der Waals surface area contributed by atoms with Gasteiger partial charge in [0.15, 0.2) is 0 Å². The summed E-state index contributed by atoms with van der Waals surface area (Å²) in [5, 5.41) is 4.78. The Morgan fingerprint density at radius 1 is 1.12 bits per heavy atom. The molecule has 0 fully saturated rings. The Hall–Kier alpha value is -2.66. The minimum Gasteiger partial charge on any atom is -0.497 e. The van der Waals surface area contributed by atoms with E-state index in [9.17, 15) is 4.39 Å². The molecular weight excluding hydrogens is 317 g/mol. The Kier molecular flexibility index (Phi) is 4.01. The van der Waals surface area contributed by atoms with Crippen LogP contribution in [0.4, 0.5) is 4.39 Å². The van der Waals surface area contributed by atoms with E-state index in [1.54, 1.807) is 13.2 Å². The van der Waals surface area contributed by atoms with Gasteiger partial charge in [-0.05, 0) is 36.9 Å². The number of halogens is 1. The maximum atomic E-state index is 14.5. The molecule has 0 saturated heterocycles. The minimum atomic E-state index is -0.216. The summed E-state index contributed by atoms with van der Waals surface area (Å²) in [5.41, 5.74) is 4.71. The molecule has 25 heavy (non-hydrogen) atoms. The van der Waals surface area contributed by atoms with Gasteiger partial charge in [-0.25, -0.2) is 4.39 Å². The Morgan fingerprint density at radius 3 is 2.76 bits per heavy atom. The lowest BCUT2D eigenvalue weighted by Crippen LogP contribution is -2.13. The molecule has 0 aliphatic carbocycles. The molecule has 2 aromatic carbocycles. The van der Waals surface area contributed by atoms with Crippen LogP contribution >= 0.6 is 0 Å². The number of rotatable bonds is 4. The maximum absolute atomic E-state index is 14.5. The van der Waals surface area contributed by atoms with Gasteiger partial charge in [-0.2, -0.15) is 5.10 Å². The number of benzene rings is 2. The third kappa shape index (κ3) is 2.91. The second kappa shape index (κ2) is 6.33. The predicted octanol–water partition coefficient (Wildman–Crippen LogP) is 3.69. The highest BCUT2D eigenvalue weighted by Crippen LogP contribution is 2.34. The van der Waals surface area contributed by atoms with E-state index in [0.717, 1.165) is 41.4 Å². The summed E-state index contributed by atoms with van der Waals surface area (Å²) in [6, 6.07) is 14.8. The fourth-order valence-corrected chi connectivity index (χ4v) is 3.44. The predicted molar refractivity (Wildman–Crippen MR) is 94.9 cm³/mol. The van der Waals surface area contributed by atoms with Crippen LogP contribution in [-0.4, -0.2) is 28.8 Å². The van der Waals surface area contributed by atoms with Gasteiger partial charge in [0.2, 0.25) is 0 Å². The molecule has 0 amide bonds. The smallest absolute Gasteiger partial charge is 0.132 e. The molecule has 0 bridgehead atoms. The molecule has 1 aromatic heterocycles. The lowest BCUT2D eigenvalue weighted by atomic mass is 10.1. The van der Waals surface area contributed by atoms with Crippen molar-refractivity contribution < 1.29 is 9.13 Å². The van der Waals surface area contributed by atoms with Crippen molar-refractivity contribution in [1.29, 1.82) is 0 Å². The Morgan fingerprint density at radius 2 is 1.96 bits per heavy atom. The monoisotopic (exact) mass is 337 g/mol. The third-order valence-corrected chi connectivity index (χ3v) is 4.58. The lowest BCUT2D eigenvalue weighted by Gasteiger charge is -2.13. The number of fused-ring (bicyclic) bond motifs is 1. The van der Waals surface area contributed by atoms with Crippen molar-refractivity contribution in [2.24, 2.45) is 0 Å². The maximum Gasteiger partial charge on any atom is 0.132 e. The van der Waals surface area contributed by atoms with Crippen molar-refractivity contribution in [2.45, 2.75) is 19.6 Å². The van der Waals surface area contributed by atoms with Crippen molar-refractivity contribution in [2.75, 3.05) is 14.2 Å². The second-order valence-electron chi connectivity index (χ2n) is 6.44. The molecule has 0 unspecified atom stereocenters. The van der Waals surface area contributed by atoms with E-state index in [0.29, 0.717) is 12.1 Å². The van der Waals surface area contributed by atoms with E-state index in [4.69, 9.17) is 9.84 Å². The van der Waals surface area contributed by atoms with E-state index >= 15 is 0 Å². The van der Waals surface area contributed by atoms with Crippen LogP contribution in [0.3, 0.4) is 0 Å². The van der Waals surface area contributed by atoms with Crippen LogP contribution in [-0.2, 0) is 19.6 Å². The largest absolute Gasteiger partial charge is 0.497 e. The van der Waals surface area contributed by atoms with E-state index in [2.05, 4.69) is 11.9 Å². The fraction of sp³-hybridized carbons (Fsp3) is 0.250. The van der Waals surface area contributed by atoms with Gasteiger partial charge in [-0.1, -0.05) is 24.3 Å². The molecule has 5 heteroatoms. The first-order valence-electron chi connectivity index (χ1n) is 8.30. The molecule has 4 rings (SSSR count). The highest BCUT2D eigenvalue weighted by atomic mass is 19.1. The SMILES string of the molecule is COc1cccc(Cn2nc3c(c2-c2ccccc2F)CN(C)C3)c1. The van der Waals surface area contributed by atoms with Gasteiger partial charge in [-0.3, -0.25) is 9.58 Å². The zero-order valence-electron chi connectivity index (χ0n) is 14.4. The summed E-state index contributed by atoms with van der Waals surface area (Å²) in [4.78, 5) is 2.19. The van der Waals surface area contributed by atoms with E-state index in [-0.39, 0.29) is 5.82 Å². The third-order valence-electron chi connectivity index (χ3n) is 4.58. The van der Waals surface area contributed by atoms with E-state index in [1.807, 2.05) is 41.1 Å². The second-order valence-corrected chi connectivity index (χ2v) is 6.44. The summed E-state index contributed by atoms with van der Waals surface area (Å²) in [5.74, 6) is 0.594. The molecule has 3 aromatic rings. The summed E-state index contributed by atoms with van der Waals surface area (Å²) in [6.45, 7) is 2.16. The topological polar surface area (TPSA) is 30.3 Å². The van der Waals surface area contributed by atoms with E-state index < -0.39 is 0 Å². The normalized spacial score (nSPS) is 13.9. The quantitative estimate of drug-likeness (QED) is 0.727. The van der Waals surface area contributed by atoms with Gasteiger partial charge in [0, 0.05) is 24.2 Å². The highest BCUT2D eigenvalue weighted by molar-refractivity contribution is 5.66. The number of hydrogen-bond acceptors (Lipinski definition) is 3. The van der Waals surface area contributed by atoms with Gasteiger partial charge in [0.1, 0.15) is 11.6 Å². The summed E-state index contributed by atoms with van der Waals surface area (Å²) >= 11 is 0. The number of hydrogen-bond donors (Lipinski definition) is 0. The summed E-state index contributed by atoms with van der Waals surface area (Å²) in [6.07, 6.45) is 0. The van der Waals surface area contributed by atoms with Crippen LogP contribution < -0.4 is 4.74 Å². The molecule has 0 saturated carbocycles. The molecule has 0 atom stereocenters. The molecule has 4 nitrogen and oxygen atoms in total. The van der Waals surface area contributed by atoms with Crippen LogP contribution in [0.15, 0.2) is 48.5 Å². The first kappa shape index (κ1) is 15.8. The van der Waals surface area contributed by atoms with Crippen molar-refractivity contribution in [1.82, 2.24) is 14.7 Å². The Labute approximate surface area is 146 Å². The zero-order chi connectivity index (χ0) is 17.4. The summed E-state index contributed by atoms with van der Waals surface area (Å²) < 4.78 is 21.7. The van der Waals surface area contributed by atoms with Crippen molar-refractivity contribution >= 4 is 0 Å². The van der Waals surface area contributed by atoms with Gasteiger partial charge < -0.3 is 4.74 Å². The van der Waals surface area contributed by atoms with Crippen molar-refractivity contribution in [3.05, 3.63) is 71.2 Å². The van der Waals surface area contributed by atoms with Gasteiger partial charge in [-0.15, -0.1) is 0 Å². The van der Waals surface area contributed by atoms with Gasteiger partial charge in [0.25, 0.3) is 0 Å². The molecule has 2 heterocycles. The minimum absolute atomic E-state index is 0.216. The number of methoxy groups -OCH3 is 1. The van der Waals surface area contributed by atoms with Gasteiger partial charge in [0.05, 0.1) is 25.0 Å². The molecule has 128 valence electrons. The van der Waals surface area contributed by atoms with Crippen molar-refractivity contribution in [3.63, 3.8) is 0 Å². The van der Waals surface area contributed by atoms with E-state index in [1.165, 1.54) is 6.07 Å². The van der Waals surface area contributed by atoms with Crippen LogP contribution in [0, 0.1) is 5.82 Å². The molecule has 1 aliphatic rings. The Balaban J connectivity index is 1.80. The number of nitrogens with zero attached hydrogens (tertiary/aromatic N) is 3. The summed E-state index contributed by atoms with van der Waals surface area (Å²) in [7, 11) is 3.71. The Bertz CT molecular complexity index is 919. The standard InChI is InChI=1S/C20H20FN3O/c1-23-12-17-19(13-23)22-24(11-14-6-5-7-15(10-14)25-2)20(17)16-8-3-4-9-18(16)21/h3-10H,11-13H2,1-2H3. The van der Waals surface area contributed by atoms with Gasteiger partial charge >= 0.3 is 0 Å². The van der Waals surface area contributed by atoms with Crippen LogP contribution in [0.25, 0.3) is 11.3 Å². The van der Waals surface area contributed by atoms with Crippen LogP contribution in [0.1, 0.15) is 16.8 Å². The molecule has 0 radical (unpaired) electrons. The fourth-order valence-electron chi connectivity index (χ4n) is 3.44. The first-order chi connectivity index (χ1) is 12.2. The average Bonchev–Trinajstić information content (AvgIpc) is 3.11. The van der Waals surface area contributed by atoms with Crippen LogP contribution in [0.5, 0.6) is 5.75 Å². The molecular formula is C20H20FN3O. The lowest BCUT2D eigenvalue weighted by molar-refractivity contribution is 0.346. The molecule has 0 spiro atoms. The average molecular weight is 337 g/mol. The number of ether oxygens (including phenoxy) is 1. The molecule has 1 aliphatic heterocycles. The molecule has 0 N–H and O–H groups in total.